The monoisotopic (exact) mass is 345 g/mol. The number of carbonyl (C=O) groups excluding carboxylic acids is 1. The quantitative estimate of drug-likeness (QED) is 0.762. The van der Waals surface area contributed by atoms with Gasteiger partial charge in [-0.2, -0.15) is 5.26 Å². The van der Waals surface area contributed by atoms with E-state index in [2.05, 4.69) is 9.71 Å². The van der Waals surface area contributed by atoms with Crippen molar-refractivity contribution in [2.24, 2.45) is 0 Å². The number of sulfonamides is 1. The van der Waals surface area contributed by atoms with Gasteiger partial charge in [-0.3, -0.25) is 4.98 Å². The molecule has 8 heteroatoms. The van der Waals surface area contributed by atoms with E-state index in [4.69, 9.17) is 10.00 Å². The van der Waals surface area contributed by atoms with Crippen molar-refractivity contribution in [1.82, 2.24) is 9.71 Å². The van der Waals surface area contributed by atoms with Crippen LogP contribution in [0.2, 0.25) is 0 Å². The fourth-order valence-corrected chi connectivity index (χ4v) is 3.12. The van der Waals surface area contributed by atoms with Crippen LogP contribution in [0.15, 0.2) is 59.8 Å². The Balaban J connectivity index is 2.02. The smallest absolute Gasteiger partial charge is 0.339 e. The molecule has 0 aliphatic rings. The van der Waals surface area contributed by atoms with E-state index in [9.17, 15) is 13.2 Å². The number of nitriles is 1. The van der Waals surface area contributed by atoms with Crippen molar-refractivity contribution in [2.75, 3.05) is 6.61 Å². The van der Waals surface area contributed by atoms with Gasteiger partial charge in [0.05, 0.1) is 29.0 Å². The zero-order valence-corrected chi connectivity index (χ0v) is 13.4. The van der Waals surface area contributed by atoms with Crippen LogP contribution in [0.4, 0.5) is 0 Å². The summed E-state index contributed by atoms with van der Waals surface area (Å²) in [5.74, 6) is -0.634. The molecule has 0 bridgehead atoms. The number of nitrogens with one attached hydrogen (secondary N) is 1. The van der Waals surface area contributed by atoms with Gasteiger partial charge in [0.15, 0.2) is 0 Å². The summed E-state index contributed by atoms with van der Waals surface area (Å²) in [6.07, 6.45) is 2.73. The molecule has 1 atom stereocenters. The molecule has 124 valence electrons. The Labute approximate surface area is 140 Å². The molecule has 0 radical (unpaired) electrons. The average Bonchev–Trinajstić information content (AvgIpc) is 2.61. The van der Waals surface area contributed by atoms with Crippen molar-refractivity contribution in [3.05, 3.63) is 60.4 Å². The third-order valence-corrected chi connectivity index (χ3v) is 4.56. The van der Waals surface area contributed by atoms with E-state index < -0.39 is 22.0 Å². The molecule has 1 aromatic carbocycles. The predicted octanol–water partition coefficient (Wildman–Crippen LogP) is 1.50. The van der Waals surface area contributed by atoms with Crippen LogP contribution < -0.4 is 4.72 Å². The first-order valence-electron chi connectivity index (χ1n) is 7.04. The normalized spacial score (nSPS) is 12.1. The van der Waals surface area contributed by atoms with Crippen LogP contribution in [-0.2, 0) is 14.8 Å². The molecule has 2 rings (SSSR count). The maximum absolute atomic E-state index is 12.3. The lowest BCUT2D eigenvalue weighted by atomic mass is 10.2. The van der Waals surface area contributed by atoms with Gasteiger partial charge in [0, 0.05) is 12.4 Å². The molecule has 24 heavy (non-hydrogen) atoms. The van der Waals surface area contributed by atoms with E-state index >= 15 is 0 Å². The van der Waals surface area contributed by atoms with E-state index in [1.165, 1.54) is 30.6 Å². The minimum absolute atomic E-state index is 0.0755. The molecule has 0 spiro atoms. The lowest BCUT2D eigenvalue weighted by molar-refractivity contribution is 0.0475. The van der Waals surface area contributed by atoms with Gasteiger partial charge < -0.3 is 4.74 Å². The number of ether oxygens (including phenoxy) is 1. The van der Waals surface area contributed by atoms with Gasteiger partial charge in [0.25, 0.3) is 0 Å². The summed E-state index contributed by atoms with van der Waals surface area (Å²) >= 11 is 0. The molecule has 0 saturated heterocycles. The van der Waals surface area contributed by atoms with Gasteiger partial charge in [-0.15, -0.1) is 0 Å². The molecule has 2 aromatic rings. The SMILES string of the molecule is N#CCC(COC(=O)c1cccnc1)NS(=O)(=O)c1ccccc1. The summed E-state index contributed by atoms with van der Waals surface area (Å²) in [6, 6.07) is 11.9. The number of esters is 1. The van der Waals surface area contributed by atoms with E-state index in [1.807, 2.05) is 6.07 Å². The molecule has 0 saturated carbocycles. The molecule has 1 heterocycles. The van der Waals surface area contributed by atoms with Crippen LogP contribution in [-0.4, -0.2) is 32.0 Å². The molecule has 7 nitrogen and oxygen atoms in total. The van der Waals surface area contributed by atoms with Crippen molar-refractivity contribution >= 4 is 16.0 Å². The van der Waals surface area contributed by atoms with Gasteiger partial charge in [0.1, 0.15) is 6.61 Å². The lowest BCUT2D eigenvalue weighted by Crippen LogP contribution is -2.38. The summed E-state index contributed by atoms with van der Waals surface area (Å²) in [4.78, 5) is 15.7. The minimum atomic E-state index is -3.80. The van der Waals surface area contributed by atoms with Crippen LogP contribution >= 0.6 is 0 Å². The zero-order valence-electron chi connectivity index (χ0n) is 12.6. The van der Waals surface area contributed by atoms with Crippen molar-refractivity contribution in [2.45, 2.75) is 17.4 Å². The highest BCUT2D eigenvalue weighted by Gasteiger charge is 2.21. The Morgan fingerprint density at radius 1 is 1.25 bits per heavy atom. The number of hydrogen-bond acceptors (Lipinski definition) is 6. The fourth-order valence-electron chi connectivity index (χ4n) is 1.88. The number of nitrogens with zero attached hydrogens (tertiary/aromatic N) is 2. The Hall–Kier alpha value is -2.76. The minimum Gasteiger partial charge on any atom is -0.460 e. The molecular formula is C16H15N3O4S. The van der Waals surface area contributed by atoms with Crippen LogP contribution in [0, 0.1) is 11.3 Å². The summed E-state index contributed by atoms with van der Waals surface area (Å²) in [5, 5.41) is 8.85. The van der Waals surface area contributed by atoms with E-state index in [0.29, 0.717) is 0 Å². The number of pyridine rings is 1. The van der Waals surface area contributed by atoms with Crippen LogP contribution in [0.5, 0.6) is 0 Å². The van der Waals surface area contributed by atoms with Gasteiger partial charge >= 0.3 is 5.97 Å². The maximum Gasteiger partial charge on any atom is 0.339 e. The van der Waals surface area contributed by atoms with Crippen LogP contribution in [0.25, 0.3) is 0 Å². The van der Waals surface area contributed by atoms with Crippen LogP contribution in [0.1, 0.15) is 16.8 Å². The molecule has 1 unspecified atom stereocenters. The second-order valence-electron chi connectivity index (χ2n) is 4.83. The van der Waals surface area contributed by atoms with Crippen molar-refractivity contribution in [1.29, 1.82) is 5.26 Å². The summed E-state index contributed by atoms with van der Waals surface area (Å²) in [7, 11) is -3.80. The molecule has 1 aromatic heterocycles. The summed E-state index contributed by atoms with van der Waals surface area (Å²) in [6.45, 7) is -0.257. The number of aromatic nitrogens is 1. The molecule has 0 aliphatic carbocycles. The summed E-state index contributed by atoms with van der Waals surface area (Å²) < 4.78 is 32.0. The first kappa shape index (κ1) is 17.6. The highest BCUT2D eigenvalue weighted by molar-refractivity contribution is 7.89. The third kappa shape index (κ3) is 4.87. The first-order chi connectivity index (χ1) is 11.5. The van der Waals surface area contributed by atoms with E-state index in [-0.39, 0.29) is 23.5 Å². The van der Waals surface area contributed by atoms with Gasteiger partial charge in [-0.05, 0) is 24.3 Å². The summed E-state index contributed by atoms with van der Waals surface area (Å²) in [5.41, 5.74) is 0.249. The standard InChI is InChI=1S/C16H15N3O4S/c17-9-8-14(12-23-16(20)13-5-4-10-18-11-13)19-24(21,22)15-6-2-1-3-7-15/h1-7,10-11,14,19H,8,12H2. The number of rotatable bonds is 7. The topological polar surface area (TPSA) is 109 Å². The van der Waals surface area contributed by atoms with E-state index in [1.54, 1.807) is 24.3 Å². The molecular weight excluding hydrogens is 330 g/mol. The second-order valence-corrected chi connectivity index (χ2v) is 6.55. The van der Waals surface area contributed by atoms with Crippen molar-refractivity contribution in [3.63, 3.8) is 0 Å². The third-order valence-electron chi connectivity index (χ3n) is 3.03. The Kier molecular flexibility index (Phi) is 6.01. The highest BCUT2D eigenvalue weighted by Crippen LogP contribution is 2.09. The molecule has 0 amide bonds. The highest BCUT2D eigenvalue weighted by atomic mass is 32.2. The van der Waals surface area contributed by atoms with Gasteiger partial charge in [-0.25, -0.2) is 17.9 Å². The van der Waals surface area contributed by atoms with Crippen molar-refractivity contribution < 1.29 is 17.9 Å². The van der Waals surface area contributed by atoms with Crippen LogP contribution in [0.3, 0.4) is 0 Å². The Morgan fingerprint density at radius 3 is 2.62 bits per heavy atom. The average molecular weight is 345 g/mol. The Morgan fingerprint density at radius 2 is 2.00 bits per heavy atom. The van der Waals surface area contributed by atoms with Crippen molar-refractivity contribution in [3.8, 4) is 6.07 Å². The number of benzene rings is 1. The van der Waals surface area contributed by atoms with E-state index in [0.717, 1.165) is 0 Å². The molecule has 0 aliphatic heterocycles. The molecule has 1 N–H and O–H groups in total. The maximum atomic E-state index is 12.3. The Bertz CT molecular complexity index is 817. The fraction of sp³-hybridized carbons (Fsp3) is 0.188. The number of carbonyl (C=O) groups is 1. The first-order valence-corrected chi connectivity index (χ1v) is 8.53. The van der Waals surface area contributed by atoms with Gasteiger partial charge in [-0.1, -0.05) is 18.2 Å². The zero-order chi connectivity index (χ0) is 17.4. The lowest BCUT2D eigenvalue weighted by Gasteiger charge is -2.16. The largest absolute Gasteiger partial charge is 0.460 e. The second kappa shape index (κ2) is 8.19. The molecule has 0 fully saturated rings. The number of hydrogen-bond donors (Lipinski definition) is 1. The predicted molar refractivity (Wildman–Crippen MR) is 85.3 cm³/mol. The van der Waals surface area contributed by atoms with Gasteiger partial charge in [0.2, 0.25) is 10.0 Å².